The van der Waals surface area contributed by atoms with Gasteiger partial charge < -0.3 is 14.8 Å². The molecule has 1 N–H and O–H groups in total. The number of nitrogens with one attached hydrogen (secondary N) is 1. The number of Topliss-reactive ketones (excluding diaryl/α,β-unsaturated/α-hetero) is 1. The first kappa shape index (κ1) is 25.0. The number of esters is 1. The fraction of sp³-hybridized carbons (Fsp3) is 0.423. The number of rotatable bonds is 13. The average molecular weight is 470 g/mol. The van der Waals surface area contributed by atoms with Crippen molar-refractivity contribution in [3.05, 3.63) is 71.3 Å². The van der Waals surface area contributed by atoms with E-state index in [1.54, 1.807) is 18.7 Å². The predicted molar refractivity (Wildman–Crippen MR) is 129 cm³/mol. The highest BCUT2D eigenvalue weighted by molar-refractivity contribution is 7.98. The Morgan fingerprint density at radius 2 is 1.76 bits per heavy atom. The number of hydrogen-bond acceptors (Lipinski definition) is 6. The van der Waals surface area contributed by atoms with E-state index in [1.165, 1.54) is 11.1 Å². The molecule has 0 saturated carbocycles. The minimum absolute atomic E-state index is 0.00985. The van der Waals surface area contributed by atoms with Crippen molar-refractivity contribution < 1.29 is 23.9 Å². The van der Waals surface area contributed by atoms with Gasteiger partial charge in [-0.1, -0.05) is 60.2 Å². The van der Waals surface area contributed by atoms with Gasteiger partial charge in [-0.05, 0) is 37.8 Å². The molecule has 0 unspecified atom stereocenters. The molecular weight excluding hydrogens is 438 g/mol. The average Bonchev–Trinajstić information content (AvgIpc) is 3.62. The van der Waals surface area contributed by atoms with Gasteiger partial charge >= 0.3 is 5.97 Å². The van der Waals surface area contributed by atoms with Crippen molar-refractivity contribution in [1.82, 2.24) is 5.32 Å². The molecule has 0 aromatic heterocycles. The molecule has 0 radical (unpaired) electrons. The second-order valence-electron chi connectivity index (χ2n) is 8.10. The molecule has 1 heterocycles. The Morgan fingerprint density at radius 1 is 1.03 bits per heavy atom. The van der Waals surface area contributed by atoms with E-state index < -0.39 is 30.1 Å². The minimum atomic E-state index is -0.883. The first-order valence-electron chi connectivity index (χ1n) is 11.3. The van der Waals surface area contributed by atoms with E-state index in [4.69, 9.17) is 9.47 Å². The zero-order chi connectivity index (χ0) is 23.6. The lowest BCUT2D eigenvalue weighted by atomic mass is 10.0. The number of epoxide rings is 1. The van der Waals surface area contributed by atoms with Gasteiger partial charge in [0, 0.05) is 17.9 Å². The molecule has 1 amide bonds. The number of ketones is 1. The molecule has 3 atom stereocenters. The van der Waals surface area contributed by atoms with Crippen LogP contribution in [0.5, 0.6) is 0 Å². The quantitative estimate of drug-likeness (QED) is 0.356. The second kappa shape index (κ2) is 12.6. The standard InChI is InChI=1S/C26H31NO5S/c1-3-31-26(30)24-23(32-24)25(29)27-21(17-33-16-20-8-5-4-6-9-20)22(28)11-7-10-19-14-12-18(2)13-15-19/h4-6,8-9,12-15,21,23-24H,3,7,10-11,16-17H2,1-2H3,(H,27,29)/t21-,23-,24-/m0/s1. The molecule has 2 aromatic rings. The van der Waals surface area contributed by atoms with Gasteiger partial charge in [0.2, 0.25) is 0 Å². The van der Waals surface area contributed by atoms with Gasteiger partial charge in [-0.3, -0.25) is 9.59 Å². The summed E-state index contributed by atoms with van der Waals surface area (Å²) >= 11 is 1.60. The van der Waals surface area contributed by atoms with Crippen LogP contribution < -0.4 is 5.32 Å². The van der Waals surface area contributed by atoms with Crippen molar-refractivity contribution in [3.63, 3.8) is 0 Å². The molecule has 2 aromatic carbocycles. The van der Waals surface area contributed by atoms with Crippen LogP contribution in [0.2, 0.25) is 0 Å². The molecule has 0 spiro atoms. The lowest BCUT2D eigenvalue weighted by molar-refractivity contribution is -0.144. The Labute approximate surface area is 199 Å². The number of ether oxygens (including phenoxy) is 2. The summed E-state index contributed by atoms with van der Waals surface area (Å²) in [5.74, 6) is 0.211. The molecule has 176 valence electrons. The van der Waals surface area contributed by atoms with Gasteiger partial charge in [-0.15, -0.1) is 0 Å². The molecular formula is C26H31NO5S. The van der Waals surface area contributed by atoms with E-state index in [0.717, 1.165) is 17.7 Å². The Kier molecular flexibility index (Phi) is 9.51. The summed E-state index contributed by atoms with van der Waals surface area (Å²) in [7, 11) is 0. The first-order chi connectivity index (χ1) is 16.0. The van der Waals surface area contributed by atoms with Gasteiger partial charge in [0.1, 0.15) is 0 Å². The summed E-state index contributed by atoms with van der Waals surface area (Å²) in [5, 5.41) is 2.81. The third-order valence-electron chi connectivity index (χ3n) is 5.38. The maximum Gasteiger partial charge on any atom is 0.338 e. The maximum absolute atomic E-state index is 13.0. The fourth-order valence-corrected chi connectivity index (χ4v) is 4.50. The van der Waals surface area contributed by atoms with Crippen molar-refractivity contribution in [3.8, 4) is 0 Å². The molecule has 7 heteroatoms. The van der Waals surface area contributed by atoms with Crippen molar-refractivity contribution >= 4 is 29.4 Å². The van der Waals surface area contributed by atoms with E-state index in [0.29, 0.717) is 18.6 Å². The smallest absolute Gasteiger partial charge is 0.338 e. The minimum Gasteiger partial charge on any atom is -0.464 e. The van der Waals surface area contributed by atoms with Gasteiger partial charge in [-0.25, -0.2) is 4.79 Å². The third kappa shape index (κ3) is 8.02. The van der Waals surface area contributed by atoms with Gasteiger partial charge in [0.25, 0.3) is 5.91 Å². The molecule has 3 rings (SSSR count). The lowest BCUT2D eigenvalue weighted by Gasteiger charge is -2.17. The van der Waals surface area contributed by atoms with Crippen LogP contribution in [0.3, 0.4) is 0 Å². The molecule has 1 saturated heterocycles. The van der Waals surface area contributed by atoms with E-state index >= 15 is 0 Å². The molecule has 6 nitrogen and oxygen atoms in total. The number of hydrogen-bond donors (Lipinski definition) is 1. The molecule has 1 fully saturated rings. The molecule has 33 heavy (non-hydrogen) atoms. The van der Waals surface area contributed by atoms with Gasteiger partial charge in [0.05, 0.1) is 12.6 Å². The van der Waals surface area contributed by atoms with Crippen molar-refractivity contribution in [2.45, 2.75) is 57.1 Å². The Morgan fingerprint density at radius 3 is 2.45 bits per heavy atom. The molecule has 1 aliphatic rings. The maximum atomic E-state index is 13.0. The number of amides is 1. The van der Waals surface area contributed by atoms with Crippen LogP contribution >= 0.6 is 11.8 Å². The van der Waals surface area contributed by atoms with Crippen LogP contribution in [-0.4, -0.2) is 48.3 Å². The van der Waals surface area contributed by atoms with E-state index in [1.807, 2.05) is 37.3 Å². The summed E-state index contributed by atoms with van der Waals surface area (Å²) in [6, 6.07) is 17.6. The van der Waals surface area contributed by atoms with E-state index in [2.05, 4.69) is 29.6 Å². The van der Waals surface area contributed by atoms with Crippen LogP contribution in [0.25, 0.3) is 0 Å². The number of carbonyl (C=O) groups is 3. The van der Waals surface area contributed by atoms with Crippen molar-refractivity contribution in [2.75, 3.05) is 12.4 Å². The van der Waals surface area contributed by atoms with Crippen LogP contribution in [0.15, 0.2) is 54.6 Å². The van der Waals surface area contributed by atoms with Gasteiger partial charge in [-0.2, -0.15) is 11.8 Å². The number of thioether (sulfide) groups is 1. The summed E-state index contributed by atoms with van der Waals surface area (Å²) in [4.78, 5) is 37.3. The van der Waals surface area contributed by atoms with Crippen LogP contribution in [0, 0.1) is 6.92 Å². The summed E-state index contributed by atoms with van der Waals surface area (Å²) in [6.07, 6.45) is 0.131. The molecule has 0 bridgehead atoms. The Balaban J connectivity index is 1.53. The van der Waals surface area contributed by atoms with Gasteiger partial charge in [0.15, 0.2) is 18.0 Å². The summed E-state index contributed by atoms with van der Waals surface area (Å²) < 4.78 is 10.1. The van der Waals surface area contributed by atoms with Crippen molar-refractivity contribution in [1.29, 1.82) is 0 Å². The van der Waals surface area contributed by atoms with Crippen molar-refractivity contribution in [2.24, 2.45) is 0 Å². The van der Waals surface area contributed by atoms with E-state index in [9.17, 15) is 14.4 Å². The topological polar surface area (TPSA) is 85.0 Å². The number of benzene rings is 2. The largest absolute Gasteiger partial charge is 0.464 e. The molecule has 1 aliphatic heterocycles. The monoisotopic (exact) mass is 469 g/mol. The highest BCUT2D eigenvalue weighted by Gasteiger charge is 2.52. The first-order valence-corrected chi connectivity index (χ1v) is 12.5. The zero-order valence-electron chi connectivity index (χ0n) is 19.1. The predicted octanol–water partition coefficient (Wildman–Crippen LogP) is 3.64. The number of aryl methyl sites for hydroxylation is 2. The van der Waals surface area contributed by atoms with Crippen LogP contribution in [0.1, 0.15) is 36.5 Å². The Bertz CT molecular complexity index is 931. The lowest BCUT2D eigenvalue weighted by Crippen LogP contribution is -2.45. The molecule has 0 aliphatic carbocycles. The summed E-state index contributed by atoms with van der Waals surface area (Å²) in [6.45, 7) is 3.97. The highest BCUT2D eigenvalue weighted by atomic mass is 32.2. The number of carbonyl (C=O) groups excluding carboxylic acids is 3. The third-order valence-corrected chi connectivity index (χ3v) is 6.49. The Hall–Kier alpha value is -2.64. The van der Waals surface area contributed by atoms with Crippen LogP contribution in [0.4, 0.5) is 0 Å². The SMILES string of the molecule is CCOC(=O)[C@H]1O[C@@H]1C(=O)N[C@@H](CSCc1ccccc1)C(=O)CCCc1ccc(C)cc1. The highest BCUT2D eigenvalue weighted by Crippen LogP contribution is 2.24. The van der Waals surface area contributed by atoms with Crippen LogP contribution in [-0.2, 0) is 36.0 Å². The van der Waals surface area contributed by atoms with E-state index in [-0.39, 0.29) is 12.4 Å². The summed E-state index contributed by atoms with van der Waals surface area (Å²) in [5.41, 5.74) is 3.56. The second-order valence-corrected chi connectivity index (χ2v) is 9.13. The fourth-order valence-electron chi connectivity index (χ4n) is 3.45. The normalized spacial score (nSPS) is 17.8. The zero-order valence-corrected chi connectivity index (χ0v) is 19.9.